The summed E-state index contributed by atoms with van der Waals surface area (Å²) in [6.07, 6.45) is 0.949. The molecule has 25 heavy (non-hydrogen) atoms. The van der Waals surface area contributed by atoms with Crippen LogP contribution in [0.5, 0.6) is 0 Å². The number of nitro benzene ring substituents is 1. The van der Waals surface area contributed by atoms with Gasteiger partial charge in [0.25, 0.3) is 11.6 Å². The second-order valence-electron chi connectivity index (χ2n) is 6.30. The fourth-order valence-corrected chi connectivity index (χ4v) is 4.30. The largest absolute Gasteiger partial charge is 0.379 e. The number of ether oxygens (including phenoxy) is 1. The van der Waals surface area contributed by atoms with Crippen LogP contribution in [0.4, 0.5) is 5.69 Å². The van der Waals surface area contributed by atoms with Gasteiger partial charge in [-0.1, -0.05) is 6.07 Å². The van der Waals surface area contributed by atoms with Crippen molar-refractivity contribution >= 4 is 23.4 Å². The van der Waals surface area contributed by atoms with Crippen molar-refractivity contribution in [1.82, 2.24) is 9.80 Å². The molecule has 0 N–H and O–H groups in total. The first-order valence-corrected chi connectivity index (χ1v) is 9.74. The quantitative estimate of drug-likeness (QED) is 0.599. The number of thioether (sulfide) groups is 1. The minimum Gasteiger partial charge on any atom is -0.379 e. The Labute approximate surface area is 151 Å². The van der Waals surface area contributed by atoms with Gasteiger partial charge in [0.15, 0.2) is 0 Å². The van der Waals surface area contributed by atoms with Crippen LogP contribution in [0, 0.1) is 10.1 Å². The van der Waals surface area contributed by atoms with E-state index in [-0.39, 0.29) is 17.6 Å². The van der Waals surface area contributed by atoms with Crippen LogP contribution < -0.4 is 0 Å². The lowest BCUT2D eigenvalue weighted by Gasteiger charge is -2.35. The maximum atomic E-state index is 13.0. The lowest BCUT2D eigenvalue weighted by molar-refractivity contribution is -0.384. The summed E-state index contributed by atoms with van der Waals surface area (Å²) in [4.78, 5) is 27.8. The van der Waals surface area contributed by atoms with Crippen molar-refractivity contribution in [3.63, 3.8) is 0 Å². The molecule has 1 atom stereocenters. The third-order valence-corrected chi connectivity index (χ3v) is 5.77. The van der Waals surface area contributed by atoms with Crippen molar-refractivity contribution in [3.8, 4) is 0 Å². The molecule has 0 bridgehead atoms. The molecule has 2 saturated heterocycles. The van der Waals surface area contributed by atoms with Crippen molar-refractivity contribution in [2.45, 2.75) is 12.5 Å². The lowest BCUT2D eigenvalue weighted by atomic mass is 10.1. The molecule has 0 aromatic heterocycles. The number of hydrogen-bond acceptors (Lipinski definition) is 6. The van der Waals surface area contributed by atoms with Gasteiger partial charge >= 0.3 is 0 Å². The molecule has 0 saturated carbocycles. The number of rotatable bonds is 4. The van der Waals surface area contributed by atoms with Gasteiger partial charge in [0.1, 0.15) is 0 Å². The molecule has 0 radical (unpaired) electrons. The van der Waals surface area contributed by atoms with E-state index in [1.165, 1.54) is 12.1 Å². The zero-order chi connectivity index (χ0) is 17.6. The molecule has 1 aromatic rings. The third-order valence-electron chi connectivity index (χ3n) is 4.58. The predicted molar refractivity (Wildman–Crippen MR) is 97.1 cm³/mol. The Hall–Kier alpha value is -1.64. The molecule has 3 rings (SSSR count). The van der Waals surface area contributed by atoms with E-state index in [0.717, 1.165) is 50.8 Å². The van der Waals surface area contributed by atoms with Crippen LogP contribution in [-0.2, 0) is 4.74 Å². The molecular weight excluding hydrogens is 342 g/mol. The highest BCUT2D eigenvalue weighted by molar-refractivity contribution is 7.99. The molecule has 1 aromatic carbocycles. The molecule has 2 aliphatic rings. The number of amides is 1. The van der Waals surface area contributed by atoms with Gasteiger partial charge in [0.2, 0.25) is 0 Å². The van der Waals surface area contributed by atoms with E-state index in [4.69, 9.17) is 4.74 Å². The van der Waals surface area contributed by atoms with Gasteiger partial charge in [-0.15, -0.1) is 0 Å². The summed E-state index contributed by atoms with van der Waals surface area (Å²) in [6, 6.07) is 6.16. The summed E-state index contributed by atoms with van der Waals surface area (Å²) < 4.78 is 5.40. The van der Waals surface area contributed by atoms with E-state index in [0.29, 0.717) is 12.1 Å². The molecule has 0 aliphatic carbocycles. The number of non-ortho nitro benzene ring substituents is 1. The standard InChI is InChI=1S/C17H23N3O4S/c21-17(14-3-1-4-15(11-14)20(22)23)19-5-2-10-25-13-16(19)12-18-6-8-24-9-7-18/h1,3-4,11,16H,2,5-10,12-13H2. The van der Waals surface area contributed by atoms with Crippen LogP contribution in [0.25, 0.3) is 0 Å². The highest BCUT2D eigenvalue weighted by Crippen LogP contribution is 2.22. The molecule has 136 valence electrons. The Kier molecular flexibility index (Phi) is 6.28. The summed E-state index contributed by atoms with van der Waals surface area (Å²) in [5.41, 5.74) is 0.354. The molecule has 2 fully saturated rings. The minimum atomic E-state index is -0.458. The van der Waals surface area contributed by atoms with Gasteiger partial charge in [-0.25, -0.2) is 0 Å². The Bertz CT molecular complexity index is 622. The van der Waals surface area contributed by atoms with Crippen molar-refractivity contribution in [2.75, 3.05) is 50.9 Å². The monoisotopic (exact) mass is 365 g/mol. The van der Waals surface area contributed by atoms with Crippen LogP contribution in [0.2, 0.25) is 0 Å². The molecule has 1 amide bonds. The van der Waals surface area contributed by atoms with Gasteiger partial charge < -0.3 is 9.64 Å². The first kappa shape index (κ1) is 18.2. The number of nitro groups is 1. The number of benzene rings is 1. The number of hydrogen-bond donors (Lipinski definition) is 0. The summed E-state index contributed by atoms with van der Waals surface area (Å²) in [7, 11) is 0. The van der Waals surface area contributed by atoms with E-state index >= 15 is 0 Å². The van der Waals surface area contributed by atoms with Gasteiger partial charge in [-0.05, 0) is 18.2 Å². The Morgan fingerprint density at radius 3 is 2.88 bits per heavy atom. The third kappa shape index (κ3) is 4.71. The smallest absolute Gasteiger partial charge is 0.270 e. The number of carbonyl (C=O) groups excluding carboxylic acids is 1. The highest BCUT2D eigenvalue weighted by Gasteiger charge is 2.29. The zero-order valence-corrected chi connectivity index (χ0v) is 15.0. The summed E-state index contributed by atoms with van der Waals surface area (Å²) >= 11 is 1.88. The summed E-state index contributed by atoms with van der Waals surface area (Å²) in [5.74, 6) is 1.83. The van der Waals surface area contributed by atoms with E-state index in [1.807, 2.05) is 16.7 Å². The predicted octanol–water partition coefficient (Wildman–Crippen LogP) is 1.87. The molecule has 1 unspecified atom stereocenters. The van der Waals surface area contributed by atoms with Gasteiger partial charge in [-0.3, -0.25) is 19.8 Å². The topological polar surface area (TPSA) is 75.9 Å². The number of nitrogens with zero attached hydrogens (tertiary/aromatic N) is 3. The molecule has 2 heterocycles. The average Bonchev–Trinajstić information content (AvgIpc) is 2.87. The molecule has 8 heteroatoms. The Morgan fingerprint density at radius 1 is 1.32 bits per heavy atom. The summed E-state index contributed by atoms with van der Waals surface area (Å²) in [6.45, 7) is 4.78. The van der Waals surface area contributed by atoms with Crippen LogP contribution >= 0.6 is 11.8 Å². The van der Waals surface area contributed by atoms with Gasteiger partial charge in [0.05, 0.1) is 24.2 Å². The highest BCUT2D eigenvalue weighted by atomic mass is 32.2. The fraction of sp³-hybridized carbons (Fsp3) is 0.588. The van der Waals surface area contributed by atoms with Crippen molar-refractivity contribution in [3.05, 3.63) is 39.9 Å². The Morgan fingerprint density at radius 2 is 2.12 bits per heavy atom. The van der Waals surface area contributed by atoms with Gasteiger partial charge in [0, 0.05) is 49.6 Å². The lowest BCUT2D eigenvalue weighted by Crippen LogP contribution is -2.50. The molecular formula is C17H23N3O4S. The maximum absolute atomic E-state index is 13.0. The van der Waals surface area contributed by atoms with E-state index < -0.39 is 4.92 Å². The zero-order valence-electron chi connectivity index (χ0n) is 14.1. The van der Waals surface area contributed by atoms with E-state index in [9.17, 15) is 14.9 Å². The van der Waals surface area contributed by atoms with Gasteiger partial charge in [-0.2, -0.15) is 11.8 Å². The minimum absolute atomic E-state index is 0.0419. The SMILES string of the molecule is O=C(c1cccc([N+](=O)[O-])c1)N1CCCSCC1CN1CCOCC1. The molecule has 7 nitrogen and oxygen atoms in total. The van der Waals surface area contributed by atoms with E-state index in [1.54, 1.807) is 12.1 Å². The Balaban J connectivity index is 1.76. The second kappa shape index (κ2) is 8.64. The van der Waals surface area contributed by atoms with Crippen LogP contribution in [0.15, 0.2) is 24.3 Å². The first-order chi connectivity index (χ1) is 12.1. The van der Waals surface area contributed by atoms with Crippen molar-refractivity contribution in [2.24, 2.45) is 0 Å². The number of carbonyl (C=O) groups is 1. The molecule has 2 aliphatic heterocycles. The fourth-order valence-electron chi connectivity index (χ4n) is 3.25. The van der Waals surface area contributed by atoms with E-state index in [2.05, 4.69) is 4.90 Å². The van der Waals surface area contributed by atoms with Crippen molar-refractivity contribution in [1.29, 1.82) is 0 Å². The van der Waals surface area contributed by atoms with Crippen molar-refractivity contribution < 1.29 is 14.5 Å². The maximum Gasteiger partial charge on any atom is 0.270 e. The number of morpholine rings is 1. The second-order valence-corrected chi connectivity index (χ2v) is 7.45. The average molecular weight is 365 g/mol. The summed E-state index contributed by atoms with van der Waals surface area (Å²) in [5, 5.41) is 11.0. The van der Waals surface area contributed by atoms with Crippen LogP contribution in [0.1, 0.15) is 16.8 Å². The van der Waals surface area contributed by atoms with Crippen LogP contribution in [0.3, 0.4) is 0 Å². The molecule has 0 spiro atoms. The van der Waals surface area contributed by atoms with Crippen LogP contribution in [-0.4, -0.2) is 77.6 Å². The first-order valence-electron chi connectivity index (χ1n) is 8.58. The normalized spacial score (nSPS) is 22.4.